The van der Waals surface area contributed by atoms with E-state index in [2.05, 4.69) is 27.5 Å². The van der Waals surface area contributed by atoms with Crippen LogP contribution in [0.1, 0.15) is 19.3 Å². The largest absolute Gasteiger partial charge is 0.396 e. The maximum Gasteiger partial charge on any atom is 0.0594 e. The molecule has 4 heteroatoms. The van der Waals surface area contributed by atoms with E-state index < -0.39 is 0 Å². The van der Waals surface area contributed by atoms with Gasteiger partial charge in [-0.25, -0.2) is 0 Å². The van der Waals surface area contributed by atoms with Gasteiger partial charge in [0.05, 0.1) is 13.2 Å². The Bertz CT molecular complexity index is 162. The van der Waals surface area contributed by atoms with Crippen LogP contribution in [0.4, 0.5) is 0 Å². The topological polar surface area (TPSA) is 32.7 Å². The fourth-order valence-corrected chi connectivity index (χ4v) is 2.28. The second kappa shape index (κ2) is 7.04. The second-order valence-corrected chi connectivity index (χ2v) is 4.40. The minimum absolute atomic E-state index is 0.247. The summed E-state index contributed by atoms with van der Waals surface area (Å²) in [6, 6.07) is 0. The van der Waals surface area contributed by atoms with Crippen molar-refractivity contribution < 1.29 is 9.84 Å². The quantitative estimate of drug-likeness (QED) is 0.630. The molecule has 0 aromatic carbocycles. The van der Waals surface area contributed by atoms with Gasteiger partial charge >= 0.3 is 0 Å². The summed E-state index contributed by atoms with van der Waals surface area (Å²) in [4.78, 5) is 4.40. The highest BCUT2D eigenvalue weighted by Gasteiger charge is 2.37. The molecule has 15 heavy (non-hydrogen) atoms. The molecule has 90 valence electrons. The smallest absolute Gasteiger partial charge is 0.0594 e. The Hall–Kier alpha value is 0.610. The number of rotatable bonds is 3. The fraction of sp³-hybridized carbons (Fsp3) is 1.00. The van der Waals surface area contributed by atoms with Gasteiger partial charge in [0.25, 0.3) is 0 Å². The Balaban J connectivity index is 0.000000531. The summed E-state index contributed by atoms with van der Waals surface area (Å²) in [7, 11) is 0. The molecule has 1 N–H and O–H groups in total. The van der Waals surface area contributed by atoms with Crippen LogP contribution in [0.2, 0.25) is 0 Å². The Kier molecular flexibility index (Phi) is 6.42. The van der Waals surface area contributed by atoms with E-state index in [1.165, 1.54) is 19.3 Å². The van der Waals surface area contributed by atoms with E-state index in [0.717, 1.165) is 32.8 Å². The molecule has 3 nitrogen and oxygen atoms in total. The fourth-order valence-electron chi connectivity index (χ4n) is 2.28. The summed E-state index contributed by atoms with van der Waals surface area (Å²) < 4.78 is 5.30. The highest BCUT2D eigenvalue weighted by molar-refractivity contribution is 14.1. The first-order chi connectivity index (χ1) is 7.35. The molecule has 0 radical (unpaired) electrons. The van der Waals surface area contributed by atoms with Gasteiger partial charge in [0.1, 0.15) is 0 Å². The van der Waals surface area contributed by atoms with Crippen LogP contribution in [0.25, 0.3) is 0 Å². The Morgan fingerprint density at radius 3 is 2.27 bits per heavy atom. The van der Waals surface area contributed by atoms with E-state index >= 15 is 0 Å². The minimum Gasteiger partial charge on any atom is -0.396 e. The number of nitrogens with zero attached hydrogens (tertiary/aromatic N) is 1. The average molecular weight is 327 g/mol. The number of hydrogen-bond acceptors (Lipinski definition) is 3. The van der Waals surface area contributed by atoms with Gasteiger partial charge in [-0.05, 0) is 17.8 Å². The van der Waals surface area contributed by atoms with Crippen molar-refractivity contribution in [3.05, 3.63) is 0 Å². The Labute approximate surface area is 106 Å². The van der Waals surface area contributed by atoms with E-state index in [1.54, 1.807) is 0 Å². The van der Waals surface area contributed by atoms with Crippen molar-refractivity contribution in [2.24, 2.45) is 5.41 Å². The molecule has 0 aromatic heterocycles. The first-order valence-corrected chi connectivity index (χ1v) is 7.79. The highest BCUT2D eigenvalue weighted by Crippen LogP contribution is 2.41. The van der Waals surface area contributed by atoms with Crippen LogP contribution in [-0.2, 0) is 4.74 Å². The van der Waals surface area contributed by atoms with Crippen LogP contribution in [0, 0.1) is 5.41 Å². The van der Waals surface area contributed by atoms with E-state index in [0.29, 0.717) is 6.61 Å². The molecular weight excluding hydrogens is 305 g/mol. The molecule has 2 rings (SSSR count). The molecule has 1 saturated carbocycles. The summed E-state index contributed by atoms with van der Waals surface area (Å²) in [5, 5.41) is 9.31. The molecule has 1 aliphatic carbocycles. The number of ether oxygens (including phenoxy) is 1. The molecule has 1 saturated heterocycles. The number of aliphatic hydroxyl groups excluding tert-OH is 1. The predicted molar refractivity (Wildman–Crippen MR) is 70.6 cm³/mol. The van der Waals surface area contributed by atoms with Crippen LogP contribution < -0.4 is 0 Å². The van der Waals surface area contributed by atoms with Crippen LogP contribution in [0.15, 0.2) is 0 Å². The van der Waals surface area contributed by atoms with Gasteiger partial charge in [-0.3, -0.25) is 4.90 Å². The van der Waals surface area contributed by atoms with Crippen molar-refractivity contribution in [2.45, 2.75) is 19.3 Å². The highest BCUT2D eigenvalue weighted by atomic mass is 127. The monoisotopic (exact) mass is 327 g/mol. The van der Waals surface area contributed by atoms with Gasteiger partial charge in [0, 0.05) is 31.7 Å². The van der Waals surface area contributed by atoms with Gasteiger partial charge in [0.15, 0.2) is 0 Å². The standard InChI is InChI=1S/C10H19NO2.CH3I/c12-9-10(2-1-3-10)8-11-4-6-13-7-5-11;1-2/h12H,1-9H2;1H3. The SMILES string of the molecule is CI.OCC1(CN2CCOCC2)CCC1. The van der Waals surface area contributed by atoms with Gasteiger partial charge in [-0.1, -0.05) is 29.0 Å². The van der Waals surface area contributed by atoms with E-state index in [1.807, 2.05) is 4.93 Å². The second-order valence-electron chi connectivity index (χ2n) is 4.40. The van der Waals surface area contributed by atoms with Gasteiger partial charge in [-0.2, -0.15) is 0 Å². The lowest BCUT2D eigenvalue weighted by molar-refractivity contribution is -0.0293. The van der Waals surface area contributed by atoms with Crippen LogP contribution >= 0.6 is 22.6 Å². The number of hydrogen-bond donors (Lipinski definition) is 1. The number of morpholine rings is 1. The van der Waals surface area contributed by atoms with Crippen LogP contribution in [-0.4, -0.2) is 54.4 Å². The number of halogens is 1. The molecule has 2 aliphatic rings. The van der Waals surface area contributed by atoms with Crippen molar-refractivity contribution in [3.8, 4) is 0 Å². The average Bonchev–Trinajstić information content (AvgIpc) is 2.28. The molecule has 0 aromatic rings. The third-order valence-electron chi connectivity index (χ3n) is 3.41. The summed E-state index contributed by atoms with van der Waals surface area (Å²) in [6.07, 6.45) is 3.71. The summed E-state index contributed by atoms with van der Waals surface area (Å²) in [5.74, 6) is 0. The number of aliphatic hydroxyl groups is 1. The lowest BCUT2D eigenvalue weighted by Gasteiger charge is -2.44. The maximum atomic E-state index is 9.31. The van der Waals surface area contributed by atoms with Crippen molar-refractivity contribution in [1.29, 1.82) is 0 Å². The summed E-state index contributed by atoms with van der Waals surface area (Å²) in [5.41, 5.74) is 0.247. The van der Waals surface area contributed by atoms with Crippen molar-refractivity contribution in [2.75, 3.05) is 44.4 Å². The molecule has 0 atom stereocenters. The van der Waals surface area contributed by atoms with E-state index in [9.17, 15) is 5.11 Å². The van der Waals surface area contributed by atoms with Crippen molar-refractivity contribution in [1.82, 2.24) is 4.90 Å². The number of alkyl halides is 1. The lowest BCUT2D eigenvalue weighted by atomic mass is 9.69. The molecule has 2 fully saturated rings. The Morgan fingerprint density at radius 2 is 1.87 bits per heavy atom. The zero-order valence-electron chi connectivity index (χ0n) is 9.54. The zero-order valence-corrected chi connectivity index (χ0v) is 11.7. The molecule has 0 amide bonds. The van der Waals surface area contributed by atoms with Gasteiger partial charge in [0.2, 0.25) is 0 Å². The first kappa shape index (κ1) is 13.7. The Morgan fingerprint density at radius 1 is 1.27 bits per heavy atom. The molecule has 1 aliphatic heterocycles. The summed E-state index contributed by atoms with van der Waals surface area (Å²) >= 11 is 2.15. The third-order valence-corrected chi connectivity index (χ3v) is 3.41. The maximum absolute atomic E-state index is 9.31. The normalized spacial score (nSPS) is 25.0. The van der Waals surface area contributed by atoms with Gasteiger partial charge < -0.3 is 9.84 Å². The third kappa shape index (κ3) is 3.84. The van der Waals surface area contributed by atoms with E-state index in [-0.39, 0.29) is 5.41 Å². The molecule has 0 unspecified atom stereocenters. The van der Waals surface area contributed by atoms with E-state index in [4.69, 9.17) is 4.74 Å². The van der Waals surface area contributed by atoms with Gasteiger partial charge in [-0.15, -0.1) is 0 Å². The molecule has 1 heterocycles. The van der Waals surface area contributed by atoms with Crippen molar-refractivity contribution >= 4 is 22.6 Å². The predicted octanol–water partition coefficient (Wildman–Crippen LogP) is 1.53. The minimum atomic E-state index is 0.247. The molecule has 0 bridgehead atoms. The summed E-state index contributed by atoms with van der Waals surface area (Å²) in [6.45, 7) is 5.25. The van der Waals surface area contributed by atoms with Crippen LogP contribution in [0.5, 0.6) is 0 Å². The lowest BCUT2D eigenvalue weighted by Crippen LogP contribution is -2.48. The molecular formula is C11H22INO2. The van der Waals surface area contributed by atoms with Crippen molar-refractivity contribution in [3.63, 3.8) is 0 Å². The zero-order chi connectivity index (χ0) is 11.1. The van der Waals surface area contributed by atoms with Crippen LogP contribution in [0.3, 0.4) is 0 Å². The first-order valence-electron chi connectivity index (χ1n) is 5.63. The molecule has 0 spiro atoms.